The van der Waals surface area contributed by atoms with E-state index in [4.69, 9.17) is 9.84 Å². The third-order valence-electron chi connectivity index (χ3n) is 2.26. The first-order chi connectivity index (χ1) is 8.47. The Morgan fingerprint density at radius 1 is 1.56 bits per heavy atom. The predicted octanol–water partition coefficient (Wildman–Crippen LogP) is 2.17. The van der Waals surface area contributed by atoms with E-state index in [2.05, 4.69) is 15.9 Å². The molecular weight excluding hydrogens is 306 g/mol. The van der Waals surface area contributed by atoms with E-state index in [1.807, 2.05) is 0 Å². The number of aliphatic hydroxyl groups excluding tert-OH is 2. The average molecular weight is 320 g/mol. The molecular formula is C11H14BrNO5. The van der Waals surface area contributed by atoms with Gasteiger partial charge in [-0.25, -0.2) is 0 Å². The summed E-state index contributed by atoms with van der Waals surface area (Å²) in [5.74, 6) is 0.0478. The van der Waals surface area contributed by atoms with Gasteiger partial charge in [0.15, 0.2) is 0 Å². The third kappa shape index (κ3) is 3.66. The number of benzene rings is 1. The summed E-state index contributed by atoms with van der Waals surface area (Å²) in [6.45, 7) is 1.59. The van der Waals surface area contributed by atoms with Crippen LogP contribution in [0.2, 0.25) is 0 Å². The van der Waals surface area contributed by atoms with Gasteiger partial charge < -0.3 is 14.9 Å². The lowest BCUT2D eigenvalue weighted by Gasteiger charge is -2.14. The summed E-state index contributed by atoms with van der Waals surface area (Å²) < 4.78 is 5.80. The van der Waals surface area contributed by atoms with Crippen molar-refractivity contribution in [1.82, 2.24) is 0 Å². The van der Waals surface area contributed by atoms with Gasteiger partial charge in [-0.05, 0) is 13.0 Å². The fraction of sp³-hybridized carbons (Fsp3) is 0.455. The van der Waals surface area contributed by atoms with Crippen LogP contribution in [-0.4, -0.2) is 28.4 Å². The second kappa shape index (κ2) is 6.67. The lowest BCUT2D eigenvalue weighted by molar-refractivity contribution is -0.386. The molecule has 0 aliphatic rings. The monoisotopic (exact) mass is 319 g/mol. The summed E-state index contributed by atoms with van der Waals surface area (Å²) in [7, 11) is 0. The second-order valence-corrected chi connectivity index (χ2v) is 4.62. The van der Waals surface area contributed by atoms with E-state index >= 15 is 0 Å². The number of rotatable bonds is 6. The van der Waals surface area contributed by atoms with Crippen molar-refractivity contribution in [2.75, 3.05) is 13.2 Å². The van der Waals surface area contributed by atoms with E-state index < -0.39 is 11.0 Å². The number of halogens is 1. The average Bonchev–Trinajstić information content (AvgIpc) is 2.30. The van der Waals surface area contributed by atoms with Crippen LogP contribution in [0.15, 0.2) is 16.6 Å². The second-order valence-electron chi connectivity index (χ2n) is 3.70. The van der Waals surface area contributed by atoms with Crippen LogP contribution in [0.4, 0.5) is 5.69 Å². The first kappa shape index (κ1) is 14.9. The summed E-state index contributed by atoms with van der Waals surface area (Å²) in [6, 6.07) is 2.89. The topological polar surface area (TPSA) is 92.8 Å². The Kier molecular flexibility index (Phi) is 5.52. The van der Waals surface area contributed by atoms with Crippen molar-refractivity contribution in [3.05, 3.63) is 32.3 Å². The van der Waals surface area contributed by atoms with Crippen molar-refractivity contribution in [2.24, 2.45) is 0 Å². The summed E-state index contributed by atoms with van der Waals surface area (Å²) in [5.41, 5.74) is 0.132. The Labute approximate surface area is 112 Å². The van der Waals surface area contributed by atoms with Crippen LogP contribution in [0.3, 0.4) is 0 Å². The minimum Gasteiger partial charge on any atom is -0.486 e. The van der Waals surface area contributed by atoms with Gasteiger partial charge >= 0.3 is 5.69 Å². The lowest BCUT2D eigenvalue weighted by Crippen LogP contribution is -2.06. The van der Waals surface area contributed by atoms with Gasteiger partial charge in [-0.2, -0.15) is 0 Å². The van der Waals surface area contributed by atoms with Gasteiger partial charge in [-0.3, -0.25) is 10.1 Å². The summed E-state index contributed by atoms with van der Waals surface area (Å²) in [5, 5.41) is 29.2. The first-order valence-corrected chi connectivity index (χ1v) is 6.16. The molecule has 6 nitrogen and oxygen atoms in total. The zero-order valence-electron chi connectivity index (χ0n) is 9.80. The van der Waals surface area contributed by atoms with Crippen LogP contribution in [0.25, 0.3) is 0 Å². The predicted molar refractivity (Wildman–Crippen MR) is 68.6 cm³/mol. The van der Waals surface area contributed by atoms with E-state index in [1.54, 1.807) is 6.07 Å². The molecule has 1 unspecified atom stereocenters. The maximum Gasteiger partial charge on any atom is 0.312 e. The highest BCUT2D eigenvalue weighted by Crippen LogP contribution is 2.37. The normalized spacial score (nSPS) is 12.2. The number of nitro benzene ring substituents is 1. The van der Waals surface area contributed by atoms with Gasteiger partial charge in [0.1, 0.15) is 0 Å². The van der Waals surface area contributed by atoms with Crippen LogP contribution in [0, 0.1) is 10.1 Å². The molecule has 0 amide bonds. The molecule has 1 aromatic carbocycles. The standard InChI is InChI=1S/C11H14BrNO5/c1-7(15)9-5-8(12)6-10(13(16)17)11(9)18-4-2-3-14/h5-7,14-15H,2-4H2,1H3. The molecule has 0 saturated heterocycles. The zero-order valence-corrected chi connectivity index (χ0v) is 11.4. The summed E-state index contributed by atoms with van der Waals surface area (Å²) >= 11 is 3.15. The van der Waals surface area contributed by atoms with Gasteiger partial charge in [0, 0.05) is 29.1 Å². The van der Waals surface area contributed by atoms with E-state index in [0.717, 1.165) is 0 Å². The van der Waals surface area contributed by atoms with Gasteiger partial charge in [-0.15, -0.1) is 0 Å². The number of ether oxygens (including phenoxy) is 1. The molecule has 0 radical (unpaired) electrons. The van der Waals surface area contributed by atoms with Gasteiger partial charge in [0.2, 0.25) is 5.75 Å². The molecule has 18 heavy (non-hydrogen) atoms. The Balaban J connectivity index is 3.18. The fourth-order valence-corrected chi connectivity index (χ4v) is 1.91. The van der Waals surface area contributed by atoms with E-state index in [-0.39, 0.29) is 24.7 Å². The van der Waals surface area contributed by atoms with E-state index in [0.29, 0.717) is 16.5 Å². The Morgan fingerprint density at radius 2 is 2.22 bits per heavy atom. The van der Waals surface area contributed by atoms with Crippen molar-refractivity contribution >= 4 is 21.6 Å². The first-order valence-electron chi connectivity index (χ1n) is 5.37. The molecule has 0 aliphatic carbocycles. The van der Waals surface area contributed by atoms with Crippen LogP contribution in [0.1, 0.15) is 25.0 Å². The fourth-order valence-electron chi connectivity index (χ4n) is 1.44. The molecule has 0 aliphatic heterocycles. The number of nitro groups is 1. The van der Waals surface area contributed by atoms with Crippen molar-refractivity contribution in [1.29, 1.82) is 0 Å². The van der Waals surface area contributed by atoms with Crippen molar-refractivity contribution in [2.45, 2.75) is 19.4 Å². The lowest BCUT2D eigenvalue weighted by atomic mass is 10.1. The van der Waals surface area contributed by atoms with Crippen LogP contribution < -0.4 is 4.74 Å². The molecule has 0 fully saturated rings. The number of hydrogen-bond acceptors (Lipinski definition) is 5. The molecule has 0 spiro atoms. The molecule has 2 N–H and O–H groups in total. The van der Waals surface area contributed by atoms with E-state index in [9.17, 15) is 15.2 Å². The van der Waals surface area contributed by atoms with Crippen LogP contribution >= 0.6 is 15.9 Å². The van der Waals surface area contributed by atoms with Crippen LogP contribution in [-0.2, 0) is 0 Å². The van der Waals surface area contributed by atoms with Gasteiger partial charge in [0.05, 0.1) is 17.6 Å². The molecule has 0 bridgehead atoms. The molecule has 0 aromatic heterocycles. The molecule has 0 saturated carbocycles. The molecule has 7 heteroatoms. The summed E-state index contributed by atoms with van der Waals surface area (Å²) in [6.07, 6.45) is -0.516. The molecule has 1 aromatic rings. The third-order valence-corrected chi connectivity index (χ3v) is 2.72. The molecule has 100 valence electrons. The highest BCUT2D eigenvalue weighted by atomic mass is 79.9. The van der Waals surface area contributed by atoms with Crippen molar-refractivity contribution in [3.63, 3.8) is 0 Å². The molecule has 1 atom stereocenters. The minimum atomic E-state index is -0.884. The minimum absolute atomic E-state index is 0.0478. The highest BCUT2D eigenvalue weighted by molar-refractivity contribution is 9.10. The maximum absolute atomic E-state index is 11.0. The largest absolute Gasteiger partial charge is 0.486 e. The SMILES string of the molecule is CC(O)c1cc(Br)cc([N+](=O)[O-])c1OCCCO. The smallest absolute Gasteiger partial charge is 0.312 e. The number of nitrogens with zero attached hydrogens (tertiary/aromatic N) is 1. The number of aliphatic hydroxyl groups is 2. The maximum atomic E-state index is 11.0. The molecule has 1 rings (SSSR count). The summed E-state index contributed by atoms with van der Waals surface area (Å²) in [4.78, 5) is 10.4. The quantitative estimate of drug-likeness (QED) is 0.476. The highest BCUT2D eigenvalue weighted by Gasteiger charge is 2.23. The Morgan fingerprint density at radius 3 is 2.72 bits per heavy atom. The van der Waals surface area contributed by atoms with E-state index in [1.165, 1.54) is 13.0 Å². The van der Waals surface area contributed by atoms with Crippen molar-refractivity contribution < 1.29 is 19.9 Å². The van der Waals surface area contributed by atoms with Crippen LogP contribution in [0.5, 0.6) is 5.75 Å². The zero-order chi connectivity index (χ0) is 13.7. The van der Waals surface area contributed by atoms with Gasteiger partial charge in [0.25, 0.3) is 0 Å². The molecule has 0 heterocycles. The Hall–Kier alpha value is -1.18. The van der Waals surface area contributed by atoms with Crippen molar-refractivity contribution in [3.8, 4) is 5.75 Å². The van der Waals surface area contributed by atoms with Gasteiger partial charge in [-0.1, -0.05) is 15.9 Å². The Bertz CT molecular complexity index is 436. The number of hydrogen-bond donors (Lipinski definition) is 2.